The van der Waals surface area contributed by atoms with Crippen molar-refractivity contribution in [2.24, 2.45) is 5.10 Å². The van der Waals surface area contributed by atoms with Gasteiger partial charge in [-0.25, -0.2) is 5.43 Å². The van der Waals surface area contributed by atoms with Gasteiger partial charge in [0, 0.05) is 11.6 Å². The summed E-state index contributed by atoms with van der Waals surface area (Å²) in [6.45, 7) is 2.61. The van der Waals surface area contributed by atoms with Gasteiger partial charge >= 0.3 is 0 Å². The van der Waals surface area contributed by atoms with Crippen LogP contribution >= 0.6 is 15.9 Å². The molecule has 0 radical (unpaired) electrons. The zero-order valence-electron chi connectivity index (χ0n) is 11.3. The number of hydrogen-bond acceptors (Lipinski definition) is 6. The predicted octanol–water partition coefficient (Wildman–Crippen LogP) is 1.46. The Morgan fingerprint density at radius 1 is 1.43 bits per heavy atom. The Morgan fingerprint density at radius 3 is 2.76 bits per heavy atom. The number of carbonyl (C=O) groups is 1. The van der Waals surface area contributed by atoms with Gasteiger partial charge in [0.1, 0.15) is 11.5 Å². The number of phenols is 2. The summed E-state index contributed by atoms with van der Waals surface area (Å²) >= 11 is 3.12. The van der Waals surface area contributed by atoms with Crippen molar-refractivity contribution in [1.82, 2.24) is 5.43 Å². The number of aromatic hydroxyl groups is 2. The molecule has 0 spiro atoms. The summed E-state index contributed by atoms with van der Waals surface area (Å²) in [7, 11) is 0. The Kier molecular flexibility index (Phi) is 4.81. The van der Waals surface area contributed by atoms with Crippen LogP contribution in [0, 0.1) is 0 Å². The van der Waals surface area contributed by atoms with Crippen molar-refractivity contribution in [1.29, 1.82) is 0 Å². The molecule has 0 atom stereocenters. The van der Waals surface area contributed by atoms with E-state index in [9.17, 15) is 15.0 Å². The summed E-state index contributed by atoms with van der Waals surface area (Å²) in [5.74, 6) is -1.52. The largest absolute Gasteiger partial charge is 0.507 e. The fraction of sp³-hybridized carbons (Fsp3) is 0.385. The van der Waals surface area contributed by atoms with Crippen LogP contribution in [0.25, 0.3) is 0 Å². The van der Waals surface area contributed by atoms with E-state index in [2.05, 4.69) is 26.5 Å². The van der Waals surface area contributed by atoms with Gasteiger partial charge in [-0.2, -0.15) is 5.10 Å². The van der Waals surface area contributed by atoms with Crippen LogP contribution in [0.15, 0.2) is 21.7 Å². The van der Waals surface area contributed by atoms with Crippen LogP contribution < -0.4 is 5.43 Å². The Labute approximate surface area is 129 Å². The summed E-state index contributed by atoms with van der Waals surface area (Å²) in [5.41, 5.74) is 2.67. The number of nitrogens with zero attached hydrogens (tertiary/aromatic N) is 1. The summed E-state index contributed by atoms with van der Waals surface area (Å²) in [4.78, 5) is 11.7. The molecule has 0 aromatic heterocycles. The third-order valence-corrected chi connectivity index (χ3v) is 3.50. The zero-order chi connectivity index (χ0) is 15.5. The molecule has 1 aliphatic heterocycles. The standard InChI is InChI=1S/C13H15BrN2O5/c1-13(20-2-3-21-13)6-12(19)16-15-7-8-4-9(14)11(18)5-10(8)17/h4-5,7,17-18H,2-3,6H2,1H3,(H,16,19)/b15-7-. The van der Waals surface area contributed by atoms with E-state index in [1.165, 1.54) is 18.3 Å². The van der Waals surface area contributed by atoms with Gasteiger partial charge in [-0.05, 0) is 28.9 Å². The smallest absolute Gasteiger partial charge is 0.245 e. The topological polar surface area (TPSA) is 100 Å². The number of hydrazone groups is 1. The van der Waals surface area contributed by atoms with E-state index in [0.717, 1.165) is 0 Å². The molecule has 1 amide bonds. The second kappa shape index (κ2) is 6.42. The number of phenolic OH excluding ortho intramolecular Hbond substituents is 2. The Bertz CT molecular complexity index is 570. The fourth-order valence-corrected chi connectivity index (χ4v) is 2.19. The van der Waals surface area contributed by atoms with Gasteiger partial charge in [0.2, 0.25) is 5.91 Å². The number of benzene rings is 1. The van der Waals surface area contributed by atoms with E-state index in [4.69, 9.17) is 9.47 Å². The lowest BCUT2D eigenvalue weighted by atomic mass is 10.2. The van der Waals surface area contributed by atoms with Gasteiger partial charge < -0.3 is 19.7 Å². The number of hydrogen-bond donors (Lipinski definition) is 3. The van der Waals surface area contributed by atoms with E-state index in [-0.39, 0.29) is 23.8 Å². The zero-order valence-corrected chi connectivity index (χ0v) is 12.9. The van der Waals surface area contributed by atoms with Crippen LogP contribution in [0.2, 0.25) is 0 Å². The lowest BCUT2D eigenvalue weighted by molar-refractivity contribution is -0.159. The van der Waals surface area contributed by atoms with Gasteiger partial charge in [-0.1, -0.05) is 0 Å². The average molecular weight is 359 g/mol. The number of carbonyl (C=O) groups excluding carboxylic acids is 1. The van der Waals surface area contributed by atoms with Crippen molar-refractivity contribution in [3.8, 4) is 11.5 Å². The predicted molar refractivity (Wildman–Crippen MR) is 78.1 cm³/mol. The monoisotopic (exact) mass is 358 g/mol. The van der Waals surface area contributed by atoms with Crippen LogP contribution in [0.3, 0.4) is 0 Å². The first-order valence-corrected chi connectivity index (χ1v) is 7.00. The number of ether oxygens (including phenoxy) is 2. The molecule has 0 bridgehead atoms. The van der Waals surface area contributed by atoms with Gasteiger partial charge in [0.05, 0.1) is 30.3 Å². The Morgan fingerprint density at radius 2 is 2.10 bits per heavy atom. The van der Waals surface area contributed by atoms with Crippen molar-refractivity contribution >= 4 is 28.1 Å². The highest BCUT2D eigenvalue weighted by atomic mass is 79.9. The molecule has 1 aromatic rings. The second-order valence-electron chi connectivity index (χ2n) is 4.66. The number of nitrogens with one attached hydrogen (secondary N) is 1. The SMILES string of the molecule is CC1(CC(=O)N/N=C\c2cc(Br)c(O)cc2O)OCCO1. The van der Waals surface area contributed by atoms with Crippen molar-refractivity contribution < 1.29 is 24.5 Å². The first-order chi connectivity index (χ1) is 9.89. The maximum Gasteiger partial charge on any atom is 0.245 e. The van der Waals surface area contributed by atoms with Crippen molar-refractivity contribution in [3.63, 3.8) is 0 Å². The summed E-state index contributed by atoms with van der Waals surface area (Å²) in [5, 5.41) is 22.8. The van der Waals surface area contributed by atoms with Gasteiger partial charge in [-0.15, -0.1) is 0 Å². The first kappa shape index (κ1) is 15.7. The van der Waals surface area contributed by atoms with E-state index < -0.39 is 5.79 Å². The number of amides is 1. The molecule has 21 heavy (non-hydrogen) atoms. The molecular formula is C13H15BrN2O5. The van der Waals surface area contributed by atoms with E-state index in [1.54, 1.807) is 6.92 Å². The molecule has 0 aliphatic carbocycles. The highest BCUT2D eigenvalue weighted by Gasteiger charge is 2.33. The molecule has 1 aromatic carbocycles. The fourth-order valence-electron chi connectivity index (χ4n) is 1.83. The molecule has 1 fully saturated rings. The Balaban J connectivity index is 1.93. The minimum Gasteiger partial charge on any atom is -0.507 e. The minimum absolute atomic E-state index is 0.0234. The first-order valence-electron chi connectivity index (χ1n) is 6.21. The van der Waals surface area contributed by atoms with E-state index in [0.29, 0.717) is 23.2 Å². The molecule has 3 N–H and O–H groups in total. The van der Waals surface area contributed by atoms with Crippen LogP contribution in [-0.4, -0.2) is 41.3 Å². The minimum atomic E-state index is -0.913. The second-order valence-corrected chi connectivity index (χ2v) is 5.52. The highest BCUT2D eigenvalue weighted by molar-refractivity contribution is 9.10. The third-order valence-electron chi connectivity index (χ3n) is 2.87. The molecule has 1 saturated heterocycles. The lowest BCUT2D eigenvalue weighted by Gasteiger charge is -2.20. The quantitative estimate of drug-likeness (QED) is 0.558. The normalized spacial score (nSPS) is 17.2. The highest BCUT2D eigenvalue weighted by Crippen LogP contribution is 2.30. The lowest BCUT2D eigenvalue weighted by Crippen LogP contribution is -2.33. The van der Waals surface area contributed by atoms with Crippen molar-refractivity contribution in [2.75, 3.05) is 13.2 Å². The average Bonchev–Trinajstić information content (AvgIpc) is 2.82. The molecule has 8 heteroatoms. The molecule has 7 nitrogen and oxygen atoms in total. The Hall–Kier alpha value is -1.64. The van der Waals surface area contributed by atoms with E-state index in [1.807, 2.05) is 0 Å². The molecule has 1 heterocycles. The summed E-state index contributed by atoms with van der Waals surface area (Å²) in [6.07, 6.45) is 1.30. The molecule has 2 rings (SSSR count). The summed E-state index contributed by atoms with van der Waals surface area (Å²) in [6, 6.07) is 2.65. The van der Waals surface area contributed by atoms with Crippen molar-refractivity contribution in [2.45, 2.75) is 19.1 Å². The van der Waals surface area contributed by atoms with Crippen LogP contribution in [0.1, 0.15) is 18.9 Å². The molecule has 1 aliphatic rings. The number of halogens is 1. The van der Waals surface area contributed by atoms with Gasteiger partial charge in [0.25, 0.3) is 0 Å². The molecule has 0 unspecified atom stereocenters. The van der Waals surface area contributed by atoms with Gasteiger partial charge in [-0.3, -0.25) is 4.79 Å². The maximum absolute atomic E-state index is 11.7. The molecule has 114 valence electrons. The molecular weight excluding hydrogens is 344 g/mol. The number of rotatable bonds is 4. The van der Waals surface area contributed by atoms with Crippen LogP contribution in [0.4, 0.5) is 0 Å². The maximum atomic E-state index is 11.7. The third kappa shape index (κ3) is 4.16. The molecule has 0 saturated carbocycles. The van der Waals surface area contributed by atoms with Crippen LogP contribution in [-0.2, 0) is 14.3 Å². The van der Waals surface area contributed by atoms with Crippen LogP contribution in [0.5, 0.6) is 11.5 Å². The summed E-state index contributed by atoms with van der Waals surface area (Å²) < 4.78 is 11.0. The van der Waals surface area contributed by atoms with Gasteiger partial charge in [0.15, 0.2) is 5.79 Å². The van der Waals surface area contributed by atoms with Crippen molar-refractivity contribution in [3.05, 3.63) is 22.2 Å². The van der Waals surface area contributed by atoms with E-state index >= 15 is 0 Å².